The molecule has 0 N–H and O–H groups in total. The molecule has 0 bridgehead atoms. The van der Waals surface area contributed by atoms with E-state index in [4.69, 9.17) is 23.4 Å². The average Bonchev–Trinajstić information content (AvgIpc) is 3.53. The number of amides is 1. The topological polar surface area (TPSA) is 66.5 Å². The normalized spacial score (nSPS) is 24.1. The summed E-state index contributed by atoms with van der Waals surface area (Å²) >= 11 is 0. The van der Waals surface area contributed by atoms with Crippen molar-refractivity contribution in [2.75, 3.05) is 20.6 Å². The minimum atomic E-state index is -2.08. The first-order chi connectivity index (χ1) is 16.5. The second-order valence-electron chi connectivity index (χ2n) is 9.68. The van der Waals surface area contributed by atoms with Crippen LogP contribution in [0.5, 0.6) is 23.0 Å². The van der Waals surface area contributed by atoms with Crippen LogP contribution in [0.3, 0.4) is 0 Å². The Balaban J connectivity index is 1.61. The average molecular weight is 482 g/mol. The van der Waals surface area contributed by atoms with Gasteiger partial charge in [-0.05, 0) is 60.3 Å². The van der Waals surface area contributed by atoms with Gasteiger partial charge in [-0.1, -0.05) is 26.8 Å². The lowest BCUT2D eigenvalue weighted by molar-refractivity contribution is -0.0490. The largest absolute Gasteiger partial charge is 0.454 e. The molecule has 0 spiro atoms. The zero-order valence-corrected chi connectivity index (χ0v) is 21.2. The van der Waals surface area contributed by atoms with E-state index in [-0.39, 0.29) is 25.5 Å². The molecule has 6 rings (SSSR count). The molecule has 0 unspecified atom stereocenters. The molecule has 180 valence electrons. The van der Waals surface area contributed by atoms with Gasteiger partial charge in [0.25, 0.3) is 5.91 Å². The maximum absolute atomic E-state index is 13.9. The minimum absolute atomic E-state index is 0.0659. The van der Waals surface area contributed by atoms with Gasteiger partial charge >= 0.3 is 0 Å². The zero-order valence-electron chi connectivity index (χ0n) is 20.2. The number of likely N-dealkylation sites (N-methyl/N-ethyl adjacent to an activating group) is 1. The number of ether oxygens (including phenoxy) is 4. The quantitative estimate of drug-likeness (QED) is 0.552. The van der Waals surface area contributed by atoms with Crippen molar-refractivity contribution in [1.82, 2.24) is 4.90 Å². The molecule has 3 aliphatic heterocycles. The Hall–Kier alpha value is -2.71. The Bertz CT molecular complexity index is 1170. The van der Waals surface area contributed by atoms with Crippen LogP contribution >= 0.6 is 0 Å². The number of fused-ring (bicyclic) bond motifs is 8. The standard InChI is InChI=1S/C26H31NO6Si/c1-5-34(6-2,7-3)33-26-11-10-16-12-20-21(31-14-30-20)13-17(16)24(26)27(4)25(28)22-18(26)8-9-19-23(22)32-15-29-19/h8-9,12-13,24H,5-7,10-11,14-15H2,1-4H3/t24-,26+/m0/s1. The van der Waals surface area contributed by atoms with Crippen LogP contribution in [0.1, 0.15) is 60.3 Å². The van der Waals surface area contributed by atoms with E-state index in [9.17, 15) is 4.79 Å². The molecule has 2 aromatic rings. The summed E-state index contributed by atoms with van der Waals surface area (Å²) < 4.78 is 30.3. The number of aryl methyl sites for hydroxylation is 1. The summed E-state index contributed by atoms with van der Waals surface area (Å²) in [5.41, 5.74) is 3.13. The van der Waals surface area contributed by atoms with Gasteiger partial charge in [0.15, 0.2) is 31.3 Å². The number of carbonyl (C=O) groups excluding carboxylic acids is 1. The molecule has 0 fully saturated rings. The van der Waals surface area contributed by atoms with E-state index < -0.39 is 13.9 Å². The zero-order chi connectivity index (χ0) is 23.7. The third kappa shape index (κ3) is 2.81. The molecule has 2 atom stereocenters. The monoisotopic (exact) mass is 481 g/mol. The fraction of sp³-hybridized carbons (Fsp3) is 0.500. The molecular formula is C26H31NO6Si. The van der Waals surface area contributed by atoms with E-state index in [1.165, 1.54) is 5.56 Å². The molecule has 0 aromatic heterocycles. The highest BCUT2D eigenvalue weighted by atomic mass is 28.4. The number of benzene rings is 2. The second-order valence-corrected chi connectivity index (χ2v) is 14.4. The molecule has 2 aromatic carbocycles. The van der Waals surface area contributed by atoms with Crippen molar-refractivity contribution >= 4 is 14.2 Å². The summed E-state index contributed by atoms with van der Waals surface area (Å²) in [5, 5.41) is 0. The van der Waals surface area contributed by atoms with Crippen molar-refractivity contribution in [3.05, 3.63) is 46.5 Å². The predicted molar refractivity (Wildman–Crippen MR) is 128 cm³/mol. The molecule has 8 heteroatoms. The van der Waals surface area contributed by atoms with Crippen molar-refractivity contribution < 1.29 is 28.2 Å². The van der Waals surface area contributed by atoms with Crippen molar-refractivity contribution in [2.45, 2.75) is 63.4 Å². The predicted octanol–water partition coefficient (Wildman–Crippen LogP) is 5.13. The molecule has 1 amide bonds. The van der Waals surface area contributed by atoms with Gasteiger partial charge in [-0.25, -0.2) is 0 Å². The lowest BCUT2D eigenvalue weighted by Gasteiger charge is -2.55. The van der Waals surface area contributed by atoms with Crippen LogP contribution in [0.15, 0.2) is 24.3 Å². The molecule has 3 heterocycles. The van der Waals surface area contributed by atoms with Crippen molar-refractivity contribution in [3.63, 3.8) is 0 Å². The lowest BCUT2D eigenvalue weighted by Crippen LogP contribution is -2.58. The third-order valence-electron chi connectivity index (χ3n) is 8.38. The molecule has 1 aliphatic carbocycles. The molecule has 0 saturated heterocycles. The molecular weight excluding hydrogens is 450 g/mol. The summed E-state index contributed by atoms with van der Waals surface area (Å²) in [7, 11) is -0.191. The second kappa shape index (κ2) is 7.65. The fourth-order valence-corrected chi connectivity index (χ4v) is 9.36. The van der Waals surface area contributed by atoms with Crippen LogP contribution in [-0.4, -0.2) is 39.8 Å². The highest BCUT2D eigenvalue weighted by molar-refractivity contribution is 6.73. The summed E-state index contributed by atoms with van der Waals surface area (Å²) in [6.07, 6.45) is 1.61. The van der Waals surface area contributed by atoms with Gasteiger partial charge in [0.05, 0.1) is 11.6 Å². The van der Waals surface area contributed by atoms with E-state index >= 15 is 0 Å². The van der Waals surface area contributed by atoms with Gasteiger partial charge in [-0.2, -0.15) is 0 Å². The van der Waals surface area contributed by atoms with Crippen LogP contribution < -0.4 is 18.9 Å². The lowest BCUT2D eigenvalue weighted by atomic mass is 9.68. The SMILES string of the molecule is CC[Si](CC)(CC)O[C@@]12CCc3cc4c(cc3[C@@H]1N(C)C(=O)c1c2ccc2c1OCO2)OCO4. The number of hydrogen-bond donors (Lipinski definition) is 0. The molecule has 7 nitrogen and oxygen atoms in total. The van der Waals surface area contributed by atoms with E-state index in [1.54, 1.807) is 0 Å². The van der Waals surface area contributed by atoms with Gasteiger partial charge in [-0.3, -0.25) is 4.79 Å². The Morgan fingerprint density at radius 3 is 2.41 bits per heavy atom. The Labute approximate surface area is 201 Å². The smallest absolute Gasteiger partial charge is 0.258 e. The van der Waals surface area contributed by atoms with Gasteiger partial charge in [0.2, 0.25) is 13.6 Å². The van der Waals surface area contributed by atoms with E-state index in [0.717, 1.165) is 53.6 Å². The van der Waals surface area contributed by atoms with Crippen molar-refractivity contribution in [3.8, 4) is 23.0 Å². The molecule has 0 saturated carbocycles. The van der Waals surface area contributed by atoms with E-state index in [1.807, 2.05) is 24.1 Å². The maximum Gasteiger partial charge on any atom is 0.258 e. The summed E-state index contributed by atoms with van der Waals surface area (Å²) in [5.74, 6) is 2.61. The summed E-state index contributed by atoms with van der Waals surface area (Å²) in [6.45, 7) is 7.10. The first-order valence-corrected chi connectivity index (χ1v) is 14.8. The first-order valence-electron chi connectivity index (χ1n) is 12.3. The van der Waals surface area contributed by atoms with E-state index in [2.05, 4.69) is 32.9 Å². The van der Waals surface area contributed by atoms with Crippen LogP contribution in [0.25, 0.3) is 0 Å². The highest BCUT2D eigenvalue weighted by Crippen LogP contribution is 2.59. The van der Waals surface area contributed by atoms with Crippen LogP contribution in [0.2, 0.25) is 18.1 Å². The van der Waals surface area contributed by atoms with Crippen molar-refractivity contribution in [2.24, 2.45) is 0 Å². The van der Waals surface area contributed by atoms with Crippen LogP contribution in [0.4, 0.5) is 0 Å². The molecule has 4 aliphatic rings. The molecule has 0 radical (unpaired) electrons. The Kier molecular flexibility index (Phi) is 4.90. The summed E-state index contributed by atoms with van der Waals surface area (Å²) in [4.78, 5) is 15.7. The van der Waals surface area contributed by atoms with Crippen LogP contribution in [-0.2, 0) is 16.4 Å². The fourth-order valence-electron chi connectivity index (χ4n) is 6.33. The van der Waals surface area contributed by atoms with Crippen molar-refractivity contribution in [1.29, 1.82) is 0 Å². The number of rotatable bonds is 5. The Morgan fingerprint density at radius 1 is 1.00 bits per heavy atom. The first kappa shape index (κ1) is 21.8. The maximum atomic E-state index is 13.9. The highest BCUT2D eigenvalue weighted by Gasteiger charge is 2.57. The molecule has 34 heavy (non-hydrogen) atoms. The number of hydrogen-bond acceptors (Lipinski definition) is 6. The van der Waals surface area contributed by atoms with Gasteiger partial charge < -0.3 is 28.3 Å². The van der Waals surface area contributed by atoms with Crippen LogP contribution in [0, 0.1) is 0 Å². The van der Waals surface area contributed by atoms with Gasteiger partial charge in [0.1, 0.15) is 5.60 Å². The minimum Gasteiger partial charge on any atom is -0.454 e. The number of carbonyl (C=O) groups is 1. The Morgan fingerprint density at radius 2 is 1.68 bits per heavy atom. The van der Waals surface area contributed by atoms with Gasteiger partial charge in [0, 0.05) is 12.6 Å². The number of nitrogens with zero attached hydrogens (tertiary/aromatic N) is 1. The van der Waals surface area contributed by atoms with E-state index in [0.29, 0.717) is 17.1 Å². The summed E-state index contributed by atoms with van der Waals surface area (Å²) in [6, 6.07) is 10.9. The third-order valence-corrected chi connectivity index (χ3v) is 13.0. The van der Waals surface area contributed by atoms with Gasteiger partial charge in [-0.15, -0.1) is 0 Å².